The second-order valence-corrected chi connectivity index (χ2v) is 9.93. The number of ether oxygens (including phenoxy) is 1. The highest BCUT2D eigenvalue weighted by Crippen LogP contribution is 2.44. The van der Waals surface area contributed by atoms with Gasteiger partial charge in [0.1, 0.15) is 5.75 Å². The highest BCUT2D eigenvalue weighted by atomic mass is 79.9. The number of aryl methyl sites for hydroxylation is 1. The minimum absolute atomic E-state index is 0.282. The summed E-state index contributed by atoms with van der Waals surface area (Å²) >= 11 is 3.59. The number of fused-ring (bicyclic) bond motifs is 1. The van der Waals surface area contributed by atoms with Crippen molar-refractivity contribution in [3.8, 4) is 5.75 Å². The molecule has 0 amide bonds. The van der Waals surface area contributed by atoms with Crippen molar-refractivity contribution in [2.75, 3.05) is 12.0 Å². The number of hydrogen-bond acceptors (Lipinski definition) is 2. The van der Waals surface area contributed by atoms with Crippen LogP contribution in [0.15, 0.2) is 71.2 Å². The molecule has 3 aromatic rings. The van der Waals surface area contributed by atoms with E-state index in [0.29, 0.717) is 0 Å². The van der Waals surface area contributed by atoms with Gasteiger partial charge in [-0.3, -0.25) is 0 Å². The Hall–Kier alpha value is -2.26. The van der Waals surface area contributed by atoms with E-state index in [9.17, 15) is 0 Å². The highest BCUT2D eigenvalue weighted by molar-refractivity contribution is 9.10. The number of nitrogens with zero attached hydrogens (tertiary/aromatic N) is 1. The first-order chi connectivity index (χ1) is 15.0. The molecular formula is C28H32BrNO. The number of methoxy groups -OCH3 is 1. The zero-order chi connectivity index (χ0) is 22.0. The van der Waals surface area contributed by atoms with Crippen LogP contribution >= 0.6 is 15.9 Å². The lowest BCUT2D eigenvalue weighted by molar-refractivity contribution is 0.412. The minimum atomic E-state index is 0.282. The maximum atomic E-state index is 5.52. The van der Waals surface area contributed by atoms with Crippen molar-refractivity contribution < 1.29 is 4.74 Å². The van der Waals surface area contributed by atoms with Crippen molar-refractivity contribution in [3.05, 3.63) is 93.5 Å². The third-order valence-corrected chi connectivity index (χ3v) is 6.99. The lowest BCUT2D eigenvalue weighted by atomic mass is 9.85. The maximum Gasteiger partial charge on any atom is 0.119 e. The van der Waals surface area contributed by atoms with Gasteiger partial charge in [-0.15, -0.1) is 0 Å². The van der Waals surface area contributed by atoms with Crippen LogP contribution in [0.5, 0.6) is 5.75 Å². The van der Waals surface area contributed by atoms with E-state index >= 15 is 0 Å². The van der Waals surface area contributed by atoms with Crippen LogP contribution in [0.1, 0.15) is 61.5 Å². The summed E-state index contributed by atoms with van der Waals surface area (Å²) in [5, 5.41) is 0. The first kappa shape index (κ1) is 22.0. The maximum absolute atomic E-state index is 5.52. The molecule has 0 radical (unpaired) electrons. The summed E-state index contributed by atoms with van der Waals surface area (Å²) in [7, 11) is 1.74. The van der Waals surface area contributed by atoms with E-state index in [1.807, 2.05) is 0 Å². The smallest absolute Gasteiger partial charge is 0.119 e. The van der Waals surface area contributed by atoms with E-state index in [1.165, 1.54) is 34.4 Å². The third-order valence-electron chi connectivity index (χ3n) is 6.47. The number of hydrogen-bond donors (Lipinski definition) is 0. The van der Waals surface area contributed by atoms with Gasteiger partial charge in [-0.1, -0.05) is 60.1 Å². The predicted octanol–water partition coefficient (Wildman–Crippen LogP) is 7.91. The second kappa shape index (κ2) is 9.48. The Balaban J connectivity index is 1.72. The van der Waals surface area contributed by atoms with E-state index in [-0.39, 0.29) is 12.1 Å². The van der Waals surface area contributed by atoms with Crippen molar-refractivity contribution in [2.45, 2.75) is 52.1 Å². The van der Waals surface area contributed by atoms with Crippen LogP contribution < -0.4 is 9.64 Å². The van der Waals surface area contributed by atoms with Crippen LogP contribution in [0.3, 0.4) is 0 Å². The summed E-state index contributed by atoms with van der Waals surface area (Å²) in [5.41, 5.74) is 6.82. The predicted molar refractivity (Wildman–Crippen MR) is 134 cm³/mol. The normalized spacial score (nSPS) is 18.2. The summed E-state index contributed by atoms with van der Waals surface area (Å²) in [6.07, 6.45) is 3.34. The molecule has 0 N–H and O–H groups in total. The van der Waals surface area contributed by atoms with E-state index < -0.39 is 0 Å². The Bertz CT molecular complexity index is 1010. The quantitative estimate of drug-likeness (QED) is 0.357. The second-order valence-electron chi connectivity index (χ2n) is 9.02. The number of halogens is 1. The fourth-order valence-corrected chi connectivity index (χ4v) is 4.94. The minimum Gasteiger partial charge on any atom is -0.497 e. The Labute approximate surface area is 195 Å². The molecule has 3 aromatic carbocycles. The Morgan fingerprint density at radius 1 is 1.00 bits per heavy atom. The summed E-state index contributed by atoms with van der Waals surface area (Å²) in [6.45, 7) is 6.90. The molecule has 0 aromatic heterocycles. The molecule has 0 spiro atoms. The molecule has 0 fully saturated rings. The molecule has 2 unspecified atom stereocenters. The van der Waals surface area contributed by atoms with Gasteiger partial charge >= 0.3 is 0 Å². The summed E-state index contributed by atoms with van der Waals surface area (Å²) in [6, 6.07) is 25.1. The highest BCUT2D eigenvalue weighted by Gasteiger charge is 2.33. The molecule has 1 aliphatic rings. The van der Waals surface area contributed by atoms with Gasteiger partial charge in [0.25, 0.3) is 0 Å². The van der Waals surface area contributed by atoms with Gasteiger partial charge in [0, 0.05) is 10.2 Å². The van der Waals surface area contributed by atoms with Crippen LogP contribution in [0.25, 0.3) is 0 Å². The lowest BCUT2D eigenvalue weighted by Crippen LogP contribution is -2.37. The molecule has 0 bridgehead atoms. The first-order valence-corrected chi connectivity index (χ1v) is 12.0. The molecule has 4 rings (SSSR count). The zero-order valence-corrected chi connectivity index (χ0v) is 20.5. The standard InChI is InChI=1S/C28H32BrNO/c1-19(2)5-6-21-7-13-25(14-8-21)30-20(3)27-16-15-26(31-4)17-23(27)18-28(30)22-9-11-24(29)12-10-22/h7-17,19-20,28H,5-6,18H2,1-4H3. The fourth-order valence-electron chi connectivity index (χ4n) is 4.68. The Morgan fingerprint density at radius 2 is 1.71 bits per heavy atom. The van der Waals surface area contributed by atoms with Gasteiger partial charge in [0.05, 0.1) is 19.2 Å². The van der Waals surface area contributed by atoms with E-state index in [1.54, 1.807) is 7.11 Å². The monoisotopic (exact) mass is 477 g/mol. The first-order valence-electron chi connectivity index (χ1n) is 11.3. The van der Waals surface area contributed by atoms with Crippen LogP contribution in [0.2, 0.25) is 0 Å². The van der Waals surface area contributed by atoms with Crippen molar-refractivity contribution in [2.24, 2.45) is 5.92 Å². The molecule has 31 heavy (non-hydrogen) atoms. The van der Waals surface area contributed by atoms with Gasteiger partial charge in [0.15, 0.2) is 0 Å². The largest absolute Gasteiger partial charge is 0.497 e. The molecule has 2 atom stereocenters. The molecule has 0 saturated heterocycles. The van der Waals surface area contributed by atoms with Crippen molar-refractivity contribution >= 4 is 21.6 Å². The molecule has 1 heterocycles. The topological polar surface area (TPSA) is 12.5 Å². The van der Waals surface area contributed by atoms with Gasteiger partial charge in [-0.2, -0.15) is 0 Å². The average molecular weight is 478 g/mol. The van der Waals surface area contributed by atoms with Crippen LogP contribution in [0, 0.1) is 5.92 Å². The lowest BCUT2D eigenvalue weighted by Gasteiger charge is -2.44. The number of anilines is 1. The average Bonchev–Trinajstić information content (AvgIpc) is 2.78. The summed E-state index contributed by atoms with van der Waals surface area (Å²) in [5.74, 6) is 1.67. The fraction of sp³-hybridized carbons (Fsp3) is 0.357. The van der Waals surface area contributed by atoms with Crippen LogP contribution in [-0.4, -0.2) is 7.11 Å². The third kappa shape index (κ3) is 4.82. The van der Waals surface area contributed by atoms with Gasteiger partial charge in [0.2, 0.25) is 0 Å². The summed E-state index contributed by atoms with van der Waals surface area (Å²) in [4.78, 5) is 2.59. The van der Waals surface area contributed by atoms with Crippen LogP contribution in [-0.2, 0) is 12.8 Å². The molecule has 162 valence electrons. The number of benzene rings is 3. The molecule has 0 aliphatic carbocycles. The SMILES string of the molecule is COc1ccc2c(c1)CC(c1ccc(Br)cc1)N(c1ccc(CCC(C)C)cc1)C2C. The van der Waals surface area contributed by atoms with Gasteiger partial charge in [-0.05, 0) is 90.8 Å². The Morgan fingerprint density at radius 3 is 2.35 bits per heavy atom. The molecule has 0 saturated carbocycles. The van der Waals surface area contributed by atoms with E-state index in [0.717, 1.165) is 29.0 Å². The van der Waals surface area contributed by atoms with E-state index in [2.05, 4.69) is 108 Å². The molecule has 1 aliphatic heterocycles. The van der Waals surface area contributed by atoms with Gasteiger partial charge < -0.3 is 9.64 Å². The molecular weight excluding hydrogens is 446 g/mol. The molecule has 2 nitrogen and oxygen atoms in total. The number of rotatable bonds is 6. The van der Waals surface area contributed by atoms with Crippen LogP contribution in [0.4, 0.5) is 5.69 Å². The van der Waals surface area contributed by atoms with Crippen molar-refractivity contribution in [1.29, 1.82) is 0 Å². The summed E-state index contributed by atoms with van der Waals surface area (Å²) < 4.78 is 6.63. The van der Waals surface area contributed by atoms with Crippen molar-refractivity contribution in [1.82, 2.24) is 0 Å². The Kier molecular flexibility index (Phi) is 6.71. The van der Waals surface area contributed by atoms with Gasteiger partial charge in [-0.25, -0.2) is 0 Å². The van der Waals surface area contributed by atoms with E-state index in [4.69, 9.17) is 4.74 Å². The van der Waals surface area contributed by atoms with Crippen molar-refractivity contribution in [3.63, 3.8) is 0 Å². The molecule has 3 heteroatoms. The zero-order valence-electron chi connectivity index (χ0n) is 18.9.